The van der Waals surface area contributed by atoms with Gasteiger partial charge in [0.1, 0.15) is 0 Å². The van der Waals surface area contributed by atoms with Crippen molar-refractivity contribution in [2.75, 3.05) is 5.32 Å². The van der Waals surface area contributed by atoms with Crippen LogP contribution in [0, 0.1) is 20.8 Å². The Morgan fingerprint density at radius 1 is 1.18 bits per heavy atom. The fraction of sp³-hybridized carbons (Fsp3) is 0.188. The second-order valence-corrected chi connectivity index (χ2v) is 6.35. The molecular weight excluding hydrogens is 296 g/mol. The summed E-state index contributed by atoms with van der Waals surface area (Å²) in [5.41, 5.74) is 3.57. The maximum absolute atomic E-state index is 12.2. The second-order valence-electron chi connectivity index (χ2n) is 5.12. The van der Waals surface area contributed by atoms with Gasteiger partial charge in [-0.2, -0.15) is 5.10 Å². The first-order valence-corrected chi connectivity index (χ1v) is 7.72. The summed E-state index contributed by atoms with van der Waals surface area (Å²) in [4.78, 5) is 17.4. The first kappa shape index (κ1) is 14.5. The molecule has 1 amide bonds. The van der Waals surface area contributed by atoms with Gasteiger partial charge in [0.25, 0.3) is 5.91 Å². The molecule has 0 spiro atoms. The van der Waals surface area contributed by atoms with Gasteiger partial charge in [0, 0.05) is 22.3 Å². The summed E-state index contributed by atoms with van der Waals surface area (Å²) in [5, 5.41) is 7.85. The molecule has 0 aliphatic heterocycles. The molecule has 0 saturated carbocycles. The van der Waals surface area contributed by atoms with Crippen LogP contribution < -0.4 is 5.32 Å². The molecule has 5 nitrogen and oxygen atoms in total. The maximum atomic E-state index is 12.2. The summed E-state index contributed by atoms with van der Waals surface area (Å²) >= 11 is 1.46. The lowest BCUT2D eigenvalue weighted by atomic mass is 10.2. The van der Waals surface area contributed by atoms with Crippen molar-refractivity contribution in [1.29, 1.82) is 0 Å². The predicted octanol–water partition coefficient (Wildman–Crippen LogP) is 3.51. The van der Waals surface area contributed by atoms with E-state index in [1.807, 2.05) is 43.7 Å². The van der Waals surface area contributed by atoms with E-state index >= 15 is 0 Å². The second kappa shape index (κ2) is 5.73. The smallest absolute Gasteiger partial charge is 0.257 e. The average Bonchev–Trinajstić information content (AvgIpc) is 3.04. The number of thiazole rings is 1. The molecule has 0 radical (unpaired) electrons. The van der Waals surface area contributed by atoms with Crippen LogP contribution in [0.5, 0.6) is 0 Å². The summed E-state index contributed by atoms with van der Waals surface area (Å²) in [6, 6.07) is 9.39. The van der Waals surface area contributed by atoms with Crippen molar-refractivity contribution in [2.24, 2.45) is 0 Å². The van der Waals surface area contributed by atoms with E-state index in [9.17, 15) is 4.79 Å². The number of carbonyl (C=O) groups is 1. The number of hydrogen-bond donors (Lipinski definition) is 1. The van der Waals surface area contributed by atoms with Gasteiger partial charge in [-0.1, -0.05) is 0 Å². The molecule has 0 fully saturated rings. The molecule has 3 aromatic rings. The lowest BCUT2D eigenvalue weighted by molar-refractivity contribution is 0.102. The van der Waals surface area contributed by atoms with Crippen molar-refractivity contribution in [1.82, 2.24) is 14.8 Å². The Kier molecular flexibility index (Phi) is 3.77. The van der Waals surface area contributed by atoms with Crippen LogP contribution in [-0.4, -0.2) is 20.7 Å². The van der Waals surface area contributed by atoms with Crippen LogP contribution in [-0.2, 0) is 0 Å². The third-order valence-corrected chi connectivity index (χ3v) is 4.05. The van der Waals surface area contributed by atoms with Gasteiger partial charge in [-0.25, -0.2) is 9.67 Å². The number of aryl methyl sites for hydroxylation is 3. The highest BCUT2D eigenvalue weighted by molar-refractivity contribution is 7.15. The molecule has 0 bridgehead atoms. The summed E-state index contributed by atoms with van der Waals surface area (Å²) in [6.45, 7) is 5.92. The third kappa shape index (κ3) is 2.92. The molecule has 3 rings (SSSR count). The topological polar surface area (TPSA) is 59.8 Å². The highest BCUT2D eigenvalue weighted by atomic mass is 32.1. The lowest BCUT2D eigenvalue weighted by Gasteiger charge is -2.06. The molecule has 22 heavy (non-hydrogen) atoms. The molecule has 0 aliphatic rings. The molecule has 2 heterocycles. The zero-order valence-corrected chi connectivity index (χ0v) is 13.4. The number of nitrogens with one attached hydrogen (secondary N) is 1. The number of aromatic nitrogens is 3. The van der Waals surface area contributed by atoms with E-state index in [2.05, 4.69) is 15.4 Å². The van der Waals surface area contributed by atoms with Crippen molar-refractivity contribution in [2.45, 2.75) is 20.8 Å². The van der Waals surface area contributed by atoms with Crippen LogP contribution in [0.3, 0.4) is 0 Å². The van der Waals surface area contributed by atoms with E-state index in [1.54, 1.807) is 18.3 Å². The minimum Gasteiger partial charge on any atom is -0.298 e. The standard InChI is InChI=1S/C16H16N4OS/c1-10-8-11(2)20(19-10)14-6-4-13(5-7-14)15(21)18-16-17-9-12(3)22-16/h4-9H,1-3H3,(H,17,18,21). The van der Waals surface area contributed by atoms with Gasteiger partial charge in [0.05, 0.1) is 11.4 Å². The molecule has 0 saturated heterocycles. The average molecular weight is 312 g/mol. The molecular formula is C16H16N4OS. The van der Waals surface area contributed by atoms with E-state index in [0.717, 1.165) is 22.0 Å². The summed E-state index contributed by atoms with van der Waals surface area (Å²) in [7, 11) is 0. The zero-order valence-electron chi connectivity index (χ0n) is 12.6. The minimum absolute atomic E-state index is 0.158. The molecule has 2 aromatic heterocycles. The maximum Gasteiger partial charge on any atom is 0.257 e. The largest absolute Gasteiger partial charge is 0.298 e. The Balaban J connectivity index is 1.79. The Labute approximate surface area is 132 Å². The van der Waals surface area contributed by atoms with Crippen LogP contribution in [0.25, 0.3) is 5.69 Å². The van der Waals surface area contributed by atoms with Crippen molar-refractivity contribution in [3.63, 3.8) is 0 Å². The number of anilines is 1. The first-order valence-electron chi connectivity index (χ1n) is 6.90. The fourth-order valence-electron chi connectivity index (χ4n) is 2.23. The van der Waals surface area contributed by atoms with Gasteiger partial charge in [-0.15, -0.1) is 11.3 Å². The molecule has 0 atom stereocenters. The van der Waals surface area contributed by atoms with Crippen molar-refractivity contribution >= 4 is 22.4 Å². The number of amides is 1. The SMILES string of the molecule is Cc1cc(C)n(-c2ccc(C(=O)Nc3ncc(C)s3)cc2)n1. The van der Waals surface area contributed by atoms with E-state index in [1.165, 1.54) is 11.3 Å². The van der Waals surface area contributed by atoms with E-state index in [4.69, 9.17) is 0 Å². The number of carbonyl (C=O) groups excluding carboxylic acids is 1. The summed E-state index contributed by atoms with van der Waals surface area (Å²) < 4.78 is 1.86. The fourth-order valence-corrected chi connectivity index (χ4v) is 2.89. The van der Waals surface area contributed by atoms with Gasteiger partial charge in [0.15, 0.2) is 5.13 Å². The number of benzene rings is 1. The van der Waals surface area contributed by atoms with Crippen LogP contribution >= 0.6 is 11.3 Å². The van der Waals surface area contributed by atoms with Gasteiger partial charge in [-0.3, -0.25) is 10.1 Å². The highest BCUT2D eigenvalue weighted by Crippen LogP contribution is 2.18. The first-order chi connectivity index (χ1) is 10.5. The normalized spacial score (nSPS) is 10.7. The Bertz CT molecular complexity index is 817. The summed E-state index contributed by atoms with van der Waals surface area (Å²) in [6.07, 6.45) is 1.74. The molecule has 6 heteroatoms. The van der Waals surface area contributed by atoms with Crippen molar-refractivity contribution in [3.05, 3.63) is 58.4 Å². The van der Waals surface area contributed by atoms with Crippen molar-refractivity contribution < 1.29 is 4.79 Å². The highest BCUT2D eigenvalue weighted by Gasteiger charge is 2.09. The van der Waals surface area contributed by atoms with Gasteiger partial charge in [-0.05, 0) is 51.1 Å². The molecule has 1 N–H and O–H groups in total. The minimum atomic E-state index is -0.158. The number of hydrogen-bond acceptors (Lipinski definition) is 4. The molecule has 1 aromatic carbocycles. The number of nitrogens with zero attached hydrogens (tertiary/aromatic N) is 3. The summed E-state index contributed by atoms with van der Waals surface area (Å²) in [5.74, 6) is -0.158. The van der Waals surface area contributed by atoms with E-state index < -0.39 is 0 Å². The molecule has 112 valence electrons. The quantitative estimate of drug-likeness (QED) is 0.805. The van der Waals surface area contributed by atoms with Crippen molar-refractivity contribution in [3.8, 4) is 5.69 Å². The Morgan fingerprint density at radius 3 is 2.45 bits per heavy atom. The van der Waals surface area contributed by atoms with E-state index in [-0.39, 0.29) is 5.91 Å². The zero-order chi connectivity index (χ0) is 15.7. The number of rotatable bonds is 3. The molecule has 0 aliphatic carbocycles. The predicted molar refractivity (Wildman–Crippen MR) is 87.8 cm³/mol. The van der Waals surface area contributed by atoms with Gasteiger partial charge >= 0.3 is 0 Å². The Hall–Kier alpha value is -2.47. The van der Waals surface area contributed by atoms with Crippen LogP contribution in [0.15, 0.2) is 36.5 Å². The lowest BCUT2D eigenvalue weighted by Crippen LogP contribution is -2.11. The van der Waals surface area contributed by atoms with Crippen LogP contribution in [0.4, 0.5) is 5.13 Å². The van der Waals surface area contributed by atoms with Crippen LogP contribution in [0.1, 0.15) is 26.6 Å². The Morgan fingerprint density at radius 2 is 1.91 bits per heavy atom. The monoisotopic (exact) mass is 312 g/mol. The van der Waals surface area contributed by atoms with Gasteiger partial charge < -0.3 is 0 Å². The van der Waals surface area contributed by atoms with Crippen LogP contribution in [0.2, 0.25) is 0 Å². The molecule has 0 unspecified atom stereocenters. The van der Waals surface area contributed by atoms with Gasteiger partial charge in [0.2, 0.25) is 0 Å². The third-order valence-electron chi connectivity index (χ3n) is 3.23. The van der Waals surface area contributed by atoms with E-state index in [0.29, 0.717) is 10.7 Å².